The Morgan fingerprint density at radius 2 is 2.00 bits per heavy atom. The van der Waals surface area contributed by atoms with E-state index in [-0.39, 0.29) is 30.3 Å². The Bertz CT molecular complexity index is 345. The molecule has 0 saturated carbocycles. The number of nitrogens with one attached hydrogen (secondary N) is 1. The van der Waals surface area contributed by atoms with Gasteiger partial charge in [-0.2, -0.15) is 0 Å². The molecule has 0 aliphatic carbocycles. The van der Waals surface area contributed by atoms with Crippen molar-refractivity contribution >= 4 is 34.8 Å². The van der Waals surface area contributed by atoms with Gasteiger partial charge in [-0.1, -0.05) is 6.92 Å². The van der Waals surface area contributed by atoms with Gasteiger partial charge in [0, 0.05) is 10.9 Å². The van der Waals surface area contributed by atoms with Crippen LogP contribution in [0.4, 0.5) is 5.13 Å². The average molecular weight is 264 g/mol. The molecule has 0 radical (unpaired) electrons. The summed E-state index contributed by atoms with van der Waals surface area (Å²) in [6.45, 7) is 7.55. The van der Waals surface area contributed by atoms with Crippen molar-refractivity contribution in [3.05, 3.63) is 10.6 Å². The van der Waals surface area contributed by atoms with Crippen LogP contribution in [0.1, 0.15) is 24.4 Å². The molecule has 2 unspecified atom stereocenters. The molecule has 1 rings (SSSR count). The second-order valence-corrected chi connectivity index (χ2v) is 5.00. The van der Waals surface area contributed by atoms with Gasteiger partial charge in [0.25, 0.3) is 0 Å². The molecule has 1 aromatic rings. The van der Waals surface area contributed by atoms with Gasteiger partial charge in [-0.05, 0) is 20.8 Å². The summed E-state index contributed by atoms with van der Waals surface area (Å²) < 4.78 is 0. The molecule has 1 aromatic heterocycles. The number of carbonyl (C=O) groups excluding carboxylic acids is 1. The molecule has 0 aliphatic rings. The maximum atomic E-state index is 11.7. The van der Waals surface area contributed by atoms with E-state index in [1.54, 1.807) is 0 Å². The fraction of sp³-hybridized carbons (Fsp3) is 0.600. The van der Waals surface area contributed by atoms with Crippen LogP contribution in [0.25, 0.3) is 0 Å². The number of hydrogen-bond donors (Lipinski definition) is 2. The number of amides is 1. The lowest BCUT2D eigenvalue weighted by Gasteiger charge is -2.13. The first-order valence-electron chi connectivity index (χ1n) is 4.92. The van der Waals surface area contributed by atoms with E-state index in [1.165, 1.54) is 11.3 Å². The smallest absolute Gasteiger partial charge is 0.230 e. The van der Waals surface area contributed by atoms with Gasteiger partial charge in [-0.15, -0.1) is 23.7 Å². The van der Waals surface area contributed by atoms with E-state index in [0.29, 0.717) is 5.13 Å². The number of anilines is 1. The van der Waals surface area contributed by atoms with Crippen molar-refractivity contribution in [2.24, 2.45) is 11.7 Å². The lowest BCUT2D eigenvalue weighted by molar-refractivity contribution is -0.119. The average Bonchev–Trinajstić information content (AvgIpc) is 2.44. The summed E-state index contributed by atoms with van der Waals surface area (Å²) in [6, 6.07) is -0.146. The van der Waals surface area contributed by atoms with Gasteiger partial charge in [-0.3, -0.25) is 4.79 Å². The molecule has 3 N–H and O–H groups in total. The quantitative estimate of drug-likeness (QED) is 0.878. The number of carbonyl (C=O) groups is 1. The van der Waals surface area contributed by atoms with Crippen LogP contribution in [0.3, 0.4) is 0 Å². The van der Waals surface area contributed by atoms with E-state index in [9.17, 15) is 4.79 Å². The third kappa shape index (κ3) is 3.73. The Kier molecular flexibility index (Phi) is 5.92. The first kappa shape index (κ1) is 15.3. The van der Waals surface area contributed by atoms with Gasteiger partial charge >= 0.3 is 0 Å². The Balaban J connectivity index is 0.00000225. The number of nitrogens with two attached hydrogens (primary N) is 1. The standard InChI is InChI=1S/C10H17N3OS.ClH/c1-5(6(2)11)9(14)13-10-12-7(3)8(4)15-10;/h5-6H,11H2,1-4H3,(H,12,13,14);1H. The normalized spacial score (nSPS) is 13.8. The Morgan fingerprint density at radius 3 is 2.38 bits per heavy atom. The van der Waals surface area contributed by atoms with Crippen molar-refractivity contribution < 1.29 is 4.79 Å². The van der Waals surface area contributed by atoms with E-state index in [4.69, 9.17) is 5.73 Å². The van der Waals surface area contributed by atoms with Crippen LogP contribution in [0.15, 0.2) is 0 Å². The van der Waals surface area contributed by atoms with Crippen LogP contribution in [-0.4, -0.2) is 16.9 Å². The van der Waals surface area contributed by atoms with Crippen molar-refractivity contribution in [2.75, 3.05) is 5.32 Å². The van der Waals surface area contributed by atoms with Crippen LogP contribution in [0, 0.1) is 19.8 Å². The van der Waals surface area contributed by atoms with Crippen LogP contribution in [0.2, 0.25) is 0 Å². The molecule has 16 heavy (non-hydrogen) atoms. The van der Waals surface area contributed by atoms with Gasteiger partial charge in [0.15, 0.2) is 5.13 Å². The van der Waals surface area contributed by atoms with Gasteiger partial charge in [0.2, 0.25) is 5.91 Å². The molecule has 4 nitrogen and oxygen atoms in total. The Hall–Kier alpha value is -0.650. The third-order valence-corrected chi connectivity index (χ3v) is 3.45. The Morgan fingerprint density at radius 1 is 1.44 bits per heavy atom. The molecular weight excluding hydrogens is 246 g/mol. The summed E-state index contributed by atoms with van der Waals surface area (Å²) in [6.07, 6.45) is 0. The highest BCUT2D eigenvalue weighted by atomic mass is 35.5. The molecule has 0 spiro atoms. The van der Waals surface area contributed by atoms with Crippen molar-refractivity contribution in [3.63, 3.8) is 0 Å². The van der Waals surface area contributed by atoms with Gasteiger partial charge in [-0.25, -0.2) is 4.98 Å². The highest BCUT2D eigenvalue weighted by Gasteiger charge is 2.18. The molecule has 92 valence electrons. The molecule has 1 heterocycles. The number of rotatable bonds is 3. The third-order valence-electron chi connectivity index (χ3n) is 2.46. The topological polar surface area (TPSA) is 68.0 Å². The van der Waals surface area contributed by atoms with Crippen molar-refractivity contribution in [1.82, 2.24) is 4.98 Å². The van der Waals surface area contributed by atoms with Crippen LogP contribution in [-0.2, 0) is 4.79 Å². The highest BCUT2D eigenvalue weighted by molar-refractivity contribution is 7.15. The molecule has 0 fully saturated rings. The summed E-state index contributed by atoms with van der Waals surface area (Å²) >= 11 is 1.49. The minimum Gasteiger partial charge on any atom is -0.327 e. The summed E-state index contributed by atoms with van der Waals surface area (Å²) in [4.78, 5) is 17.0. The van der Waals surface area contributed by atoms with E-state index in [0.717, 1.165) is 10.6 Å². The predicted octanol–water partition coefficient (Wildman–Crippen LogP) is 2.10. The summed E-state index contributed by atoms with van der Waals surface area (Å²) in [5.41, 5.74) is 6.61. The number of halogens is 1. The van der Waals surface area contributed by atoms with Crippen molar-refractivity contribution in [2.45, 2.75) is 33.7 Å². The monoisotopic (exact) mass is 263 g/mol. The maximum Gasteiger partial charge on any atom is 0.230 e. The van der Waals surface area contributed by atoms with Gasteiger partial charge < -0.3 is 11.1 Å². The molecule has 0 saturated heterocycles. The number of aromatic nitrogens is 1. The molecule has 6 heteroatoms. The first-order valence-corrected chi connectivity index (χ1v) is 5.74. The SMILES string of the molecule is Cc1nc(NC(=O)C(C)C(C)N)sc1C.Cl. The Labute approximate surface area is 106 Å². The maximum absolute atomic E-state index is 11.7. The van der Waals surface area contributed by atoms with E-state index < -0.39 is 0 Å². The second-order valence-electron chi connectivity index (χ2n) is 3.80. The zero-order chi connectivity index (χ0) is 11.6. The number of thiazole rings is 1. The number of nitrogens with zero attached hydrogens (tertiary/aromatic N) is 1. The van der Waals surface area contributed by atoms with Crippen molar-refractivity contribution in [3.8, 4) is 0 Å². The zero-order valence-corrected chi connectivity index (χ0v) is 11.5. The molecule has 0 aromatic carbocycles. The largest absolute Gasteiger partial charge is 0.327 e. The number of hydrogen-bond acceptors (Lipinski definition) is 4. The van der Waals surface area contributed by atoms with E-state index in [2.05, 4.69) is 10.3 Å². The predicted molar refractivity (Wildman–Crippen MR) is 70.3 cm³/mol. The lowest BCUT2D eigenvalue weighted by Crippen LogP contribution is -2.34. The molecular formula is C10H18ClN3OS. The minimum absolute atomic E-state index is 0. The highest BCUT2D eigenvalue weighted by Crippen LogP contribution is 2.21. The molecule has 0 bridgehead atoms. The van der Waals surface area contributed by atoms with Crippen LogP contribution < -0.4 is 11.1 Å². The molecule has 0 aliphatic heterocycles. The van der Waals surface area contributed by atoms with Crippen LogP contribution >= 0.6 is 23.7 Å². The summed E-state index contributed by atoms with van der Waals surface area (Å²) in [5, 5.41) is 3.43. The minimum atomic E-state index is -0.200. The first-order chi connectivity index (χ1) is 6.91. The lowest BCUT2D eigenvalue weighted by atomic mass is 10.0. The second kappa shape index (κ2) is 6.18. The molecule has 2 atom stereocenters. The fourth-order valence-electron chi connectivity index (χ4n) is 0.984. The fourth-order valence-corrected chi connectivity index (χ4v) is 1.80. The van der Waals surface area contributed by atoms with Gasteiger partial charge in [0.05, 0.1) is 11.6 Å². The van der Waals surface area contributed by atoms with E-state index in [1.807, 2.05) is 27.7 Å². The van der Waals surface area contributed by atoms with Crippen LogP contribution in [0.5, 0.6) is 0 Å². The molecule has 1 amide bonds. The summed E-state index contributed by atoms with van der Waals surface area (Å²) in [7, 11) is 0. The van der Waals surface area contributed by atoms with Crippen molar-refractivity contribution in [1.29, 1.82) is 0 Å². The van der Waals surface area contributed by atoms with E-state index >= 15 is 0 Å². The zero-order valence-electron chi connectivity index (χ0n) is 9.90. The van der Waals surface area contributed by atoms with Gasteiger partial charge in [0.1, 0.15) is 0 Å². The summed E-state index contributed by atoms with van der Waals surface area (Å²) in [5.74, 6) is -0.270. The number of aryl methyl sites for hydroxylation is 2.